The zero-order valence-corrected chi connectivity index (χ0v) is 19.1. The van der Waals surface area contributed by atoms with Crippen LogP contribution in [-0.4, -0.2) is 82.9 Å². The molecule has 1 aromatic rings. The Hall–Kier alpha value is -2.38. The summed E-state index contributed by atoms with van der Waals surface area (Å²) < 4.78 is 0. The fourth-order valence-electron chi connectivity index (χ4n) is 5.92. The maximum atomic E-state index is 12.3. The SMILES string of the molecule is O=C1CCCCN1C1CCN(c2cc(N3CCC(N4CCCCC4=O)CC3)ncn2)CC1. The van der Waals surface area contributed by atoms with Crippen LogP contribution in [0.1, 0.15) is 64.2 Å². The maximum absolute atomic E-state index is 12.3. The highest BCUT2D eigenvalue weighted by molar-refractivity contribution is 5.77. The second-order valence-electron chi connectivity index (χ2n) is 9.76. The summed E-state index contributed by atoms with van der Waals surface area (Å²) in [6.07, 6.45) is 11.6. The summed E-state index contributed by atoms with van der Waals surface area (Å²) in [5.41, 5.74) is 0. The molecular formula is C24H36N6O2. The number of rotatable bonds is 4. The lowest BCUT2D eigenvalue weighted by molar-refractivity contribution is -0.137. The van der Waals surface area contributed by atoms with E-state index < -0.39 is 0 Å². The summed E-state index contributed by atoms with van der Waals surface area (Å²) >= 11 is 0. The topological polar surface area (TPSA) is 72.9 Å². The third-order valence-corrected chi connectivity index (χ3v) is 7.82. The number of likely N-dealkylation sites (tertiary alicyclic amines) is 2. The highest BCUT2D eigenvalue weighted by Crippen LogP contribution is 2.28. The minimum Gasteiger partial charge on any atom is -0.356 e. The third kappa shape index (κ3) is 4.55. The van der Waals surface area contributed by atoms with E-state index in [4.69, 9.17) is 0 Å². The average Bonchev–Trinajstić information content (AvgIpc) is 2.85. The molecule has 4 saturated heterocycles. The van der Waals surface area contributed by atoms with Crippen molar-refractivity contribution in [2.75, 3.05) is 49.1 Å². The molecule has 0 aromatic carbocycles. The van der Waals surface area contributed by atoms with Crippen LogP contribution in [-0.2, 0) is 9.59 Å². The number of nitrogens with zero attached hydrogens (tertiary/aromatic N) is 6. The first-order valence-electron chi connectivity index (χ1n) is 12.6. The molecule has 4 fully saturated rings. The molecule has 5 heterocycles. The van der Waals surface area contributed by atoms with E-state index in [2.05, 4.69) is 35.6 Å². The van der Waals surface area contributed by atoms with Crippen molar-refractivity contribution in [2.45, 2.75) is 76.3 Å². The minimum absolute atomic E-state index is 0.341. The lowest BCUT2D eigenvalue weighted by Crippen LogP contribution is -2.49. The Morgan fingerprint density at radius 3 is 1.47 bits per heavy atom. The average molecular weight is 441 g/mol. The molecule has 2 amide bonds. The van der Waals surface area contributed by atoms with Gasteiger partial charge in [0.1, 0.15) is 18.0 Å². The van der Waals surface area contributed by atoms with Crippen molar-refractivity contribution in [3.63, 3.8) is 0 Å². The molecule has 32 heavy (non-hydrogen) atoms. The van der Waals surface area contributed by atoms with Gasteiger partial charge in [0.2, 0.25) is 11.8 Å². The van der Waals surface area contributed by atoms with Gasteiger partial charge in [0, 0.05) is 70.3 Å². The smallest absolute Gasteiger partial charge is 0.222 e. The zero-order valence-electron chi connectivity index (χ0n) is 19.1. The molecule has 5 rings (SSSR count). The van der Waals surface area contributed by atoms with E-state index in [9.17, 15) is 9.59 Å². The van der Waals surface area contributed by atoms with E-state index in [1.54, 1.807) is 6.33 Å². The van der Waals surface area contributed by atoms with Crippen LogP contribution in [0.5, 0.6) is 0 Å². The Bertz CT molecular complexity index is 753. The molecule has 0 atom stereocenters. The maximum Gasteiger partial charge on any atom is 0.222 e. The van der Waals surface area contributed by atoms with E-state index in [1.807, 2.05) is 0 Å². The molecule has 0 bridgehead atoms. The van der Waals surface area contributed by atoms with Gasteiger partial charge in [-0.05, 0) is 51.4 Å². The van der Waals surface area contributed by atoms with Gasteiger partial charge in [-0.15, -0.1) is 0 Å². The van der Waals surface area contributed by atoms with E-state index in [-0.39, 0.29) is 0 Å². The quantitative estimate of drug-likeness (QED) is 0.716. The Balaban J connectivity index is 1.16. The lowest BCUT2D eigenvalue weighted by atomic mass is 9.99. The highest BCUT2D eigenvalue weighted by atomic mass is 16.2. The van der Waals surface area contributed by atoms with Gasteiger partial charge in [-0.25, -0.2) is 9.97 Å². The van der Waals surface area contributed by atoms with Crippen LogP contribution in [0.25, 0.3) is 0 Å². The molecule has 0 N–H and O–H groups in total. The van der Waals surface area contributed by atoms with Crippen LogP contribution in [0.2, 0.25) is 0 Å². The molecule has 0 aliphatic carbocycles. The largest absolute Gasteiger partial charge is 0.356 e. The van der Waals surface area contributed by atoms with Gasteiger partial charge in [-0.3, -0.25) is 9.59 Å². The van der Waals surface area contributed by atoms with Crippen molar-refractivity contribution in [1.82, 2.24) is 19.8 Å². The van der Waals surface area contributed by atoms with Crippen molar-refractivity contribution in [2.24, 2.45) is 0 Å². The number of carbonyl (C=O) groups is 2. The molecule has 4 aliphatic heterocycles. The summed E-state index contributed by atoms with van der Waals surface area (Å²) in [7, 11) is 0. The monoisotopic (exact) mass is 440 g/mol. The molecule has 4 aliphatic rings. The number of anilines is 2. The lowest BCUT2D eigenvalue weighted by Gasteiger charge is -2.41. The predicted molar refractivity (Wildman–Crippen MR) is 124 cm³/mol. The van der Waals surface area contributed by atoms with Crippen LogP contribution >= 0.6 is 0 Å². The van der Waals surface area contributed by atoms with Crippen LogP contribution in [0, 0.1) is 0 Å². The van der Waals surface area contributed by atoms with Crippen molar-refractivity contribution < 1.29 is 9.59 Å². The number of piperidine rings is 4. The van der Waals surface area contributed by atoms with Crippen molar-refractivity contribution in [3.8, 4) is 0 Å². The van der Waals surface area contributed by atoms with Crippen LogP contribution in [0.3, 0.4) is 0 Å². The second-order valence-corrected chi connectivity index (χ2v) is 9.76. The number of aromatic nitrogens is 2. The Morgan fingerprint density at radius 1 is 0.625 bits per heavy atom. The van der Waals surface area contributed by atoms with Crippen molar-refractivity contribution in [3.05, 3.63) is 12.4 Å². The minimum atomic E-state index is 0.341. The van der Waals surface area contributed by atoms with E-state index >= 15 is 0 Å². The predicted octanol–water partition coefficient (Wildman–Crippen LogP) is 2.44. The summed E-state index contributed by atoms with van der Waals surface area (Å²) in [6.45, 7) is 5.60. The first kappa shape index (κ1) is 21.5. The van der Waals surface area contributed by atoms with Gasteiger partial charge >= 0.3 is 0 Å². The van der Waals surface area contributed by atoms with Crippen LogP contribution < -0.4 is 9.80 Å². The standard InChI is InChI=1S/C24H36N6O2/c31-23-5-1-3-11-29(23)19-7-13-27(14-8-19)21-17-22(26-18-25-21)28-15-9-20(10-16-28)30-12-4-2-6-24(30)32/h17-20H,1-16H2. The number of amides is 2. The third-order valence-electron chi connectivity index (χ3n) is 7.82. The van der Waals surface area contributed by atoms with Crippen molar-refractivity contribution >= 4 is 23.5 Å². The molecule has 8 heteroatoms. The molecule has 8 nitrogen and oxygen atoms in total. The summed E-state index contributed by atoms with van der Waals surface area (Å²) in [5.74, 6) is 2.67. The summed E-state index contributed by atoms with van der Waals surface area (Å²) in [5, 5.41) is 0. The molecule has 0 spiro atoms. The van der Waals surface area contributed by atoms with Gasteiger partial charge in [0.15, 0.2) is 0 Å². The molecule has 0 saturated carbocycles. The molecule has 0 unspecified atom stereocenters. The fraction of sp³-hybridized carbons (Fsp3) is 0.750. The first-order chi connectivity index (χ1) is 15.7. The molecule has 0 radical (unpaired) electrons. The Labute approximate surface area is 191 Å². The Kier molecular flexibility index (Phi) is 6.46. The molecular weight excluding hydrogens is 404 g/mol. The van der Waals surface area contributed by atoms with E-state index in [1.165, 1.54) is 0 Å². The normalized spacial score (nSPS) is 24.4. The fourth-order valence-corrected chi connectivity index (χ4v) is 5.92. The van der Waals surface area contributed by atoms with E-state index in [0.29, 0.717) is 23.9 Å². The van der Waals surface area contributed by atoms with Crippen molar-refractivity contribution in [1.29, 1.82) is 0 Å². The van der Waals surface area contributed by atoms with Gasteiger partial charge in [0.05, 0.1) is 0 Å². The highest BCUT2D eigenvalue weighted by Gasteiger charge is 2.31. The van der Waals surface area contributed by atoms with Crippen LogP contribution in [0.15, 0.2) is 12.4 Å². The second kappa shape index (κ2) is 9.63. The molecule has 174 valence electrons. The number of carbonyl (C=O) groups excluding carboxylic acids is 2. The number of hydrogen-bond acceptors (Lipinski definition) is 6. The van der Waals surface area contributed by atoms with Gasteiger partial charge in [-0.2, -0.15) is 0 Å². The van der Waals surface area contributed by atoms with Gasteiger partial charge in [0.25, 0.3) is 0 Å². The molecule has 1 aromatic heterocycles. The van der Waals surface area contributed by atoms with Gasteiger partial charge < -0.3 is 19.6 Å². The zero-order chi connectivity index (χ0) is 21.9. The Morgan fingerprint density at radius 2 is 1.06 bits per heavy atom. The first-order valence-corrected chi connectivity index (χ1v) is 12.6. The summed E-state index contributed by atoms with van der Waals surface area (Å²) in [6, 6.07) is 2.90. The van der Waals surface area contributed by atoms with Gasteiger partial charge in [-0.1, -0.05) is 0 Å². The summed E-state index contributed by atoms with van der Waals surface area (Å²) in [4.78, 5) is 42.6. The van der Waals surface area contributed by atoms with Crippen LogP contribution in [0.4, 0.5) is 11.6 Å². The van der Waals surface area contributed by atoms with E-state index in [0.717, 1.165) is 115 Å². The number of hydrogen-bond donors (Lipinski definition) is 0.